The fraction of sp³-hybridized carbons (Fsp3) is 0.480. The molecular formula is C25H31N4O4+. The first-order chi connectivity index (χ1) is 15.7. The molecule has 3 aromatic rings. The molecule has 2 fully saturated rings. The van der Waals surface area contributed by atoms with Crippen molar-refractivity contribution in [3.8, 4) is 5.75 Å². The molecule has 0 saturated heterocycles. The van der Waals surface area contributed by atoms with Crippen LogP contribution >= 0.6 is 0 Å². The van der Waals surface area contributed by atoms with Crippen LogP contribution in [0.4, 0.5) is 5.69 Å². The van der Waals surface area contributed by atoms with Crippen molar-refractivity contribution in [2.45, 2.75) is 64.0 Å². The number of hydrogen-bond acceptors (Lipinski definition) is 5. The highest BCUT2D eigenvalue weighted by Crippen LogP contribution is 2.44. The Labute approximate surface area is 192 Å². The van der Waals surface area contributed by atoms with E-state index in [4.69, 9.17) is 9.84 Å². The van der Waals surface area contributed by atoms with Crippen LogP contribution in [0.2, 0.25) is 0 Å². The molecule has 2 saturated carbocycles. The van der Waals surface area contributed by atoms with Gasteiger partial charge in [-0.15, -0.1) is 0 Å². The zero-order chi connectivity index (χ0) is 23.3. The quantitative estimate of drug-likeness (QED) is 0.375. The van der Waals surface area contributed by atoms with E-state index in [-0.39, 0.29) is 17.7 Å². The standard InChI is InChI=1S/C25H30N4O4/c1-4-33-23-13-19-16(14-28(27-19)18-11-17(12-18)25(2,3)31)10-20(23)26-24(30)22-7-5-6-21(29(22)32)15-8-9-15/h5-7,10,13-15,17-18,31H,4,8-9,11-12H2,1-3H3,(H-,26,30,32)/p+1. The molecule has 2 aliphatic carbocycles. The number of ether oxygens (including phenoxy) is 1. The zero-order valence-corrected chi connectivity index (χ0v) is 19.3. The van der Waals surface area contributed by atoms with Crippen LogP contribution in [0.5, 0.6) is 5.75 Å². The van der Waals surface area contributed by atoms with Crippen molar-refractivity contribution < 1.29 is 24.6 Å². The van der Waals surface area contributed by atoms with Gasteiger partial charge in [0.1, 0.15) is 5.75 Å². The van der Waals surface area contributed by atoms with E-state index in [1.54, 1.807) is 12.1 Å². The van der Waals surface area contributed by atoms with E-state index in [1.807, 2.05) is 49.8 Å². The fourth-order valence-electron chi connectivity index (χ4n) is 4.58. The minimum atomic E-state index is -0.678. The Kier molecular flexibility index (Phi) is 5.28. The number of aromatic nitrogens is 3. The minimum Gasteiger partial charge on any atom is -0.492 e. The Bertz CT molecular complexity index is 1200. The lowest BCUT2D eigenvalue weighted by molar-refractivity contribution is -0.910. The van der Waals surface area contributed by atoms with Crippen LogP contribution in [0.1, 0.15) is 74.6 Å². The number of pyridine rings is 1. The van der Waals surface area contributed by atoms with Crippen molar-refractivity contribution in [2.75, 3.05) is 11.9 Å². The average Bonchev–Trinajstić information content (AvgIpc) is 3.47. The molecule has 2 heterocycles. The average molecular weight is 452 g/mol. The third-order valence-electron chi connectivity index (χ3n) is 6.88. The molecule has 0 bridgehead atoms. The van der Waals surface area contributed by atoms with E-state index in [0.29, 0.717) is 24.0 Å². The van der Waals surface area contributed by atoms with Crippen LogP contribution in [0, 0.1) is 5.92 Å². The summed E-state index contributed by atoms with van der Waals surface area (Å²) in [5, 5.41) is 29.3. The highest BCUT2D eigenvalue weighted by Gasteiger charge is 2.40. The highest BCUT2D eigenvalue weighted by molar-refractivity contribution is 6.04. The van der Waals surface area contributed by atoms with Crippen molar-refractivity contribution >= 4 is 22.5 Å². The second-order valence-corrected chi connectivity index (χ2v) is 9.80. The van der Waals surface area contributed by atoms with Crippen molar-refractivity contribution in [3.05, 3.63) is 47.9 Å². The third-order valence-corrected chi connectivity index (χ3v) is 6.88. The van der Waals surface area contributed by atoms with E-state index >= 15 is 0 Å². The van der Waals surface area contributed by atoms with Gasteiger partial charge in [0.25, 0.3) is 0 Å². The predicted octanol–water partition coefficient (Wildman–Crippen LogP) is 3.81. The molecule has 0 unspecified atom stereocenters. The monoisotopic (exact) mass is 451 g/mol. The number of anilines is 1. The number of rotatable bonds is 7. The SMILES string of the molecule is CCOc1cc2nn(C3CC(C(C)(C)O)C3)cc2cc1NC(=O)c1cccc(C2CC2)[n+]1O. The molecule has 0 radical (unpaired) electrons. The van der Waals surface area contributed by atoms with Gasteiger partial charge in [0, 0.05) is 40.4 Å². The summed E-state index contributed by atoms with van der Waals surface area (Å²) in [6.07, 6.45) is 5.79. The summed E-state index contributed by atoms with van der Waals surface area (Å²) in [7, 11) is 0. The van der Waals surface area contributed by atoms with E-state index in [1.165, 1.54) is 0 Å². The molecule has 2 aromatic heterocycles. The van der Waals surface area contributed by atoms with Gasteiger partial charge in [-0.05, 0) is 64.5 Å². The normalized spacial score (nSPS) is 20.5. The van der Waals surface area contributed by atoms with E-state index in [2.05, 4.69) is 5.32 Å². The maximum absolute atomic E-state index is 13.0. The predicted molar refractivity (Wildman–Crippen MR) is 123 cm³/mol. The van der Waals surface area contributed by atoms with Crippen molar-refractivity contribution in [1.82, 2.24) is 9.78 Å². The molecule has 0 atom stereocenters. The van der Waals surface area contributed by atoms with Gasteiger partial charge in [-0.3, -0.25) is 14.7 Å². The molecule has 3 N–H and O–H groups in total. The Morgan fingerprint density at radius 2 is 2.06 bits per heavy atom. The number of carbonyl (C=O) groups excluding carboxylic acids is 1. The van der Waals surface area contributed by atoms with Gasteiger partial charge in [0.15, 0.2) is 0 Å². The van der Waals surface area contributed by atoms with Gasteiger partial charge < -0.3 is 15.2 Å². The first kappa shape index (κ1) is 21.7. The Morgan fingerprint density at radius 3 is 2.73 bits per heavy atom. The number of aliphatic hydroxyl groups is 1. The van der Waals surface area contributed by atoms with E-state index < -0.39 is 11.5 Å². The summed E-state index contributed by atoms with van der Waals surface area (Å²) in [6.45, 7) is 6.04. The minimum absolute atomic E-state index is 0.185. The molecule has 33 heavy (non-hydrogen) atoms. The molecule has 5 rings (SSSR count). The Morgan fingerprint density at radius 1 is 1.30 bits per heavy atom. The summed E-state index contributed by atoms with van der Waals surface area (Å²) in [5.74, 6) is 0.709. The summed E-state index contributed by atoms with van der Waals surface area (Å²) in [6, 6.07) is 9.20. The molecule has 2 aliphatic rings. The zero-order valence-electron chi connectivity index (χ0n) is 19.3. The first-order valence-electron chi connectivity index (χ1n) is 11.7. The second-order valence-electron chi connectivity index (χ2n) is 9.80. The summed E-state index contributed by atoms with van der Waals surface area (Å²) in [4.78, 5) is 13.0. The summed E-state index contributed by atoms with van der Waals surface area (Å²) in [5.41, 5.74) is 1.59. The lowest BCUT2D eigenvalue weighted by Crippen LogP contribution is -2.43. The summed E-state index contributed by atoms with van der Waals surface area (Å²) >= 11 is 0. The van der Waals surface area contributed by atoms with Gasteiger partial charge in [0.05, 0.1) is 29.5 Å². The first-order valence-corrected chi connectivity index (χ1v) is 11.7. The van der Waals surface area contributed by atoms with Crippen molar-refractivity contribution in [2.24, 2.45) is 5.92 Å². The molecule has 174 valence electrons. The number of fused-ring (bicyclic) bond motifs is 1. The summed E-state index contributed by atoms with van der Waals surface area (Å²) < 4.78 is 8.74. The highest BCUT2D eigenvalue weighted by atomic mass is 16.5. The van der Waals surface area contributed by atoms with Crippen LogP contribution in [-0.4, -0.2) is 38.2 Å². The van der Waals surface area contributed by atoms with Crippen molar-refractivity contribution in [1.29, 1.82) is 0 Å². The molecule has 8 nitrogen and oxygen atoms in total. The molecule has 8 heteroatoms. The number of benzene rings is 1. The number of hydrogen-bond donors (Lipinski definition) is 3. The Balaban J connectivity index is 1.41. The number of nitrogens with zero attached hydrogens (tertiary/aromatic N) is 3. The smallest absolute Gasteiger partial charge is 0.325 e. The van der Waals surface area contributed by atoms with Crippen LogP contribution in [-0.2, 0) is 0 Å². The Hall–Kier alpha value is -3.13. The van der Waals surface area contributed by atoms with Gasteiger partial charge in [-0.1, -0.05) is 0 Å². The fourth-order valence-corrected chi connectivity index (χ4v) is 4.58. The van der Waals surface area contributed by atoms with Crippen LogP contribution in [0.3, 0.4) is 0 Å². The number of amides is 1. The van der Waals surface area contributed by atoms with Crippen LogP contribution in [0.25, 0.3) is 10.9 Å². The van der Waals surface area contributed by atoms with Gasteiger partial charge in [0.2, 0.25) is 5.69 Å². The molecule has 0 aliphatic heterocycles. The van der Waals surface area contributed by atoms with E-state index in [0.717, 1.165) is 47.0 Å². The van der Waals surface area contributed by atoms with E-state index in [9.17, 15) is 15.1 Å². The largest absolute Gasteiger partial charge is 0.492 e. The molecule has 1 aromatic carbocycles. The maximum Gasteiger partial charge on any atom is 0.325 e. The number of nitrogens with one attached hydrogen (secondary N) is 1. The van der Waals surface area contributed by atoms with Crippen molar-refractivity contribution in [3.63, 3.8) is 0 Å². The molecule has 0 spiro atoms. The second kappa shape index (κ2) is 8.02. The lowest BCUT2D eigenvalue weighted by Gasteiger charge is -2.42. The van der Waals surface area contributed by atoms with Gasteiger partial charge >= 0.3 is 11.6 Å². The topological polar surface area (TPSA) is 100 Å². The van der Waals surface area contributed by atoms with Crippen LogP contribution < -0.4 is 14.8 Å². The molecule has 1 amide bonds. The lowest BCUT2D eigenvalue weighted by atomic mass is 9.71. The maximum atomic E-state index is 13.0. The van der Waals surface area contributed by atoms with Gasteiger partial charge in [-0.25, -0.2) is 0 Å². The number of carbonyl (C=O) groups is 1. The molecular weight excluding hydrogens is 420 g/mol. The third kappa shape index (κ3) is 4.15. The van der Waals surface area contributed by atoms with Gasteiger partial charge in [-0.2, -0.15) is 5.10 Å². The van der Waals surface area contributed by atoms with Crippen LogP contribution in [0.15, 0.2) is 36.5 Å².